The molecule has 0 aliphatic heterocycles. The summed E-state index contributed by atoms with van der Waals surface area (Å²) < 4.78 is 5.60. The van der Waals surface area contributed by atoms with Gasteiger partial charge in [0.25, 0.3) is 0 Å². The van der Waals surface area contributed by atoms with E-state index in [4.69, 9.17) is 10.5 Å². The SMILES string of the molecule is Cc1cccc(-c2[nH]cnc2-c2ccc3ncc(C(=O)OC[C@H]4CC[C@@H](N)CC4)cc3c2)n1. The van der Waals surface area contributed by atoms with Gasteiger partial charge in [-0.05, 0) is 68.9 Å². The molecule has 3 N–H and O–H groups in total. The van der Waals surface area contributed by atoms with Crippen molar-refractivity contribution in [2.24, 2.45) is 11.7 Å². The number of esters is 1. The van der Waals surface area contributed by atoms with Crippen LogP contribution in [-0.2, 0) is 4.74 Å². The van der Waals surface area contributed by atoms with E-state index >= 15 is 0 Å². The summed E-state index contributed by atoms with van der Waals surface area (Å²) in [6, 6.07) is 13.9. The molecule has 5 rings (SSSR count). The van der Waals surface area contributed by atoms with Crippen molar-refractivity contribution < 1.29 is 9.53 Å². The Morgan fingerprint density at radius 2 is 1.97 bits per heavy atom. The molecule has 33 heavy (non-hydrogen) atoms. The third-order valence-electron chi connectivity index (χ3n) is 6.32. The van der Waals surface area contributed by atoms with Gasteiger partial charge in [-0.1, -0.05) is 12.1 Å². The number of nitrogens with one attached hydrogen (secondary N) is 1. The zero-order valence-electron chi connectivity index (χ0n) is 18.6. The van der Waals surface area contributed by atoms with Gasteiger partial charge in [0.1, 0.15) is 0 Å². The van der Waals surface area contributed by atoms with Crippen LogP contribution in [0.25, 0.3) is 33.5 Å². The molecule has 1 aromatic carbocycles. The van der Waals surface area contributed by atoms with Crippen molar-refractivity contribution in [1.29, 1.82) is 0 Å². The molecule has 0 spiro atoms. The average molecular weight is 442 g/mol. The fourth-order valence-corrected chi connectivity index (χ4v) is 4.41. The number of hydrogen-bond acceptors (Lipinski definition) is 6. The Morgan fingerprint density at radius 3 is 2.79 bits per heavy atom. The Hall–Kier alpha value is -3.58. The van der Waals surface area contributed by atoms with Gasteiger partial charge < -0.3 is 15.5 Å². The van der Waals surface area contributed by atoms with Gasteiger partial charge in [0, 0.05) is 28.9 Å². The lowest BCUT2D eigenvalue weighted by Crippen LogP contribution is -2.28. The Balaban J connectivity index is 1.38. The molecule has 3 heterocycles. The average Bonchev–Trinajstić information content (AvgIpc) is 3.33. The highest BCUT2D eigenvalue weighted by molar-refractivity contribution is 5.95. The molecule has 0 unspecified atom stereocenters. The highest BCUT2D eigenvalue weighted by Gasteiger charge is 2.20. The number of nitrogens with two attached hydrogens (primary N) is 1. The number of aryl methyl sites for hydroxylation is 1. The van der Waals surface area contributed by atoms with E-state index in [1.165, 1.54) is 0 Å². The number of aromatic amines is 1. The molecule has 7 heteroatoms. The van der Waals surface area contributed by atoms with E-state index < -0.39 is 0 Å². The van der Waals surface area contributed by atoms with Crippen molar-refractivity contribution in [3.05, 3.63) is 66.2 Å². The van der Waals surface area contributed by atoms with Gasteiger partial charge in [0.2, 0.25) is 0 Å². The number of aromatic nitrogens is 4. The fourth-order valence-electron chi connectivity index (χ4n) is 4.41. The Morgan fingerprint density at radius 1 is 1.12 bits per heavy atom. The first-order valence-corrected chi connectivity index (χ1v) is 11.4. The first kappa shape index (κ1) is 21.3. The molecule has 0 bridgehead atoms. The molecule has 4 aromatic rings. The maximum absolute atomic E-state index is 12.7. The maximum atomic E-state index is 12.7. The fraction of sp³-hybridized carbons (Fsp3) is 0.308. The quantitative estimate of drug-likeness (QED) is 0.436. The molecule has 7 nitrogen and oxygen atoms in total. The molecular weight excluding hydrogens is 414 g/mol. The van der Waals surface area contributed by atoms with Crippen LogP contribution in [0.2, 0.25) is 0 Å². The van der Waals surface area contributed by atoms with Crippen LogP contribution in [0.5, 0.6) is 0 Å². The Labute approximate surface area is 192 Å². The molecule has 168 valence electrons. The molecule has 0 radical (unpaired) electrons. The van der Waals surface area contributed by atoms with Crippen LogP contribution in [0.15, 0.2) is 55.0 Å². The van der Waals surface area contributed by atoms with Crippen molar-refractivity contribution in [2.75, 3.05) is 6.61 Å². The van der Waals surface area contributed by atoms with Gasteiger partial charge in [-0.25, -0.2) is 9.78 Å². The van der Waals surface area contributed by atoms with Crippen LogP contribution in [0.3, 0.4) is 0 Å². The van der Waals surface area contributed by atoms with E-state index in [1.807, 2.05) is 49.4 Å². The van der Waals surface area contributed by atoms with Crippen LogP contribution < -0.4 is 5.73 Å². The number of nitrogens with zero attached hydrogens (tertiary/aromatic N) is 3. The zero-order valence-corrected chi connectivity index (χ0v) is 18.6. The van der Waals surface area contributed by atoms with E-state index in [-0.39, 0.29) is 12.0 Å². The predicted molar refractivity (Wildman–Crippen MR) is 128 cm³/mol. The third kappa shape index (κ3) is 4.64. The minimum Gasteiger partial charge on any atom is -0.462 e. The van der Waals surface area contributed by atoms with Crippen LogP contribution in [0, 0.1) is 12.8 Å². The Kier molecular flexibility index (Phi) is 5.88. The Bertz CT molecular complexity index is 1290. The topological polar surface area (TPSA) is 107 Å². The highest BCUT2D eigenvalue weighted by atomic mass is 16.5. The van der Waals surface area contributed by atoms with E-state index in [9.17, 15) is 4.79 Å². The monoisotopic (exact) mass is 441 g/mol. The lowest BCUT2D eigenvalue weighted by molar-refractivity contribution is 0.0406. The van der Waals surface area contributed by atoms with Gasteiger partial charge in [0.15, 0.2) is 0 Å². The summed E-state index contributed by atoms with van der Waals surface area (Å²) in [6.07, 6.45) is 7.26. The minimum absolute atomic E-state index is 0.285. The second-order valence-electron chi connectivity index (χ2n) is 8.80. The molecular formula is C26H27N5O2. The first-order chi connectivity index (χ1) is 16.1. The van der Waals surface area contributed by atoms with Crippen LogP contribution in [0.4, 0.5) is 0 Å². The number of carbonyl (C=O) groups excluding carboxylic acids is 1. The molecule has 1 fully saturated rings. The smallest absolute Gasteiger partial charge is 0.339 e. The molecule has 0 saturated heterocycles. The van der Waals surface area contributed by atoms with E-state index in [2.05, 4.69) is 19.9 Å². The van der Waals surface area contributed by atoms with Crippen molar-refractivity contribution in [3.8, 4) is 22.6 Å². The number of ether oxygens (including phenoxy) is 1. The van der Waals surface area contributed by atoms with Gasteiger partial charge in [-0.15, -0.1) is 0 Å². The number of pyridine rings is 2. The second-order valence-corrected chi connectivity index (χ2v) is 8.80. The number of carbonyl (C=O) groups is 1. The summed E-state index contributed by atoms with van der Waals surface area (Å²) in [7, 11) is 0. The summed E-state index contributed by atoms with van der Waals surface area (Å²) >= 11 is 0. The predicted octanol–water partition coefficient (Wildman–Crippen LogP) is 4.67. The third-order valence-corrected chi connectivity index (χ3v) is 6.32. The standard InChI is InChI=1S/C26H27N5O2/c1-16-3-2-4-23(31-16)25-24(29-15-30-25)18-7-10-22-19(11-18)12-20(13-28-22)26(32)33-14-17-5-8-21(27)9-6-17/h2-4,7,10-13,15,17,21H,5-6,8-9,14,27H2,1H3,(H,29,30)/t17-,21+. The van der Waals surface area contributed by atoms with Gasteiger partial charge >= 0.3 is 5.97 Å². The van der Waals surface area contributed by atoms with E-state index in [0.717, 1.165) is 64.9 Å². The maximum Gasteiger partial charge on any atom is 0.339 e. The van der Waals surface area contributed by atoms with E-state index in [0.29, 0.717) is 18.1 Å². The molecule has 1 saturated carbocycles. The number of fused-ring (bicyclic) bond motifs is 1. The summed E-state index contributed by atoms with van der Waals surface area (Å²) in [5, 5.41) is 0.858. The van der Waals surface area contributed by atoms with Gasteiger partial charge in [-0.2, -0.15) is 0 Å². The summed E-state index contributed by atoms with van der Waals surface area (Å²) in [5.41, 5.74) is 11.6. The van der Waals surface area contributed by atoms with Crippen molar-refractivity contribution in [1.82, 2.24) is 19.9 Å². The lowest BCUT2D eigenvalue weighted by atomic mass is 9.87. The van der Waals surface area contributed by atoms with E-state index in [1.54, 1.807) is 12.5 Å². The number of imidazole rings is 1. The number of H-pyrrole nitrogens is 1. The molecule has 0 atom stereocenters. The number of rotatable bonds is 5. The van der Waals surface area contributed by atoms with Crippen molar-refractivity contribution in [2.45, 2.75) is 38.6 Å². The van der Waals surface area contributed by atoms with Crippen LogP contribution in [-0.4, -0.2) is 38.6 Å². The minimum atomic E-state index is -0.339. The summed E-state index contributed by atoms with van der Waals surface area (Å²) in [4.78, 5) is 29.5. The normalized spacial score (nSPS) is 18.4. The summed E-state index contributed by atoms with van der Waals surface area (Å²) in [6.45, 7) is 2.40. The number of benzene rings is 1. The molecule has 1 aliphatic rings. The van der Waals surface area contributed by atoms with Crippen molar-refractivity contribution in [3.63, 3.8) is 0 Å². The summed E-state index contributed by atoms with van der Waals surface area (Å²) in [5.74, 6) is 0.0520. The number of hydrogen-bond donors (Lipinski definition) is 2. The zero-order chi connectivity index (χ0) is 22.8. The van der Waals surface area contributed by atoms with Crippen LogP contribution >= 0.6 is 0 Å². The van der Waals surface area contributed by atoms with Gasteiger partial charge in [-0.3, -0.25) is 9.97 Å². The molecule has 1 aliphatic carbocycles. The first-order valence-electron chi connectivity index (χ1n) is 11.4. The molecule has 3 aromatic heterocycles. The van der Waals surface area contributed by atoms with Gasteiger partial charge in [0.05, 0.1) is 41.1 Å². The lowest BCUT2D eigenvalue weighted by Gasteiger charge is -2.25. The largest absolute Gasteiger partial charge is 0.462 e. The highest BCUT2D eigenvalue weighted by Crippen LogP contribution is 2.30. The van der Waals surface area contributed by atoms with Crippen LogP contribution in [0.1, 0.15) is 41.7 Å². The second kappa shape index (κ2) is 9.11. The van der Waals surface area contributed by atoms with Crippen molar-refractivity contribution >= 4 is 16.9 Å². The molecule has 0 amide bonds.